The predicted molar refractivity (Wildman–Crippen MR) is 94.0 cm³/mol. The zero-order chi connectivity index (χ0) is 17.4. The predicted octanol–water partition coefficient (Wildman–Crippen LogP) is 3.89. The molecule has 2 aliphatic rings. The van der Waals surface area contributed by atoms with E-state index in [1.165, 1.54) is 17.7 Å². The maximum absolute atomic E-state index is 12.4. The van der Waals surface area contributed by atoms with E-state index in [1.807, 2.05) is 32.0 Å². The van der Waals surface area contributed by atoms with E-state index in [4.69, 9.17) is 14.2 Å². The maximum atomic E-state index is 12.4. The van der Waals surface area contributed by atoms with Gasteiger partial charge >= 0.3 is 5.97 Å². The van der Waals surface area contributed by atoms with Crippen LogP contribution in [0.4, 0.5) is 0 Å². The van der Waals surface area contributed by atoms with Crippen LogP contribution in [-0.4, -0.2) is 23.9 Å². The topological polar surface area (TPSA) is 49.7 Å². The minimum absolute atomic E-state index is 0.187. The minimum atomic E-state index is -0.345. The lowest BCUT2D eigenvalue weighted by molar-refractivity contribution is -0.146. The molecule has 1 aromatic carbocycles. The molecule has 5 heteroatoms. The van der Waals surface area contributed by atoms with Crippen LogP contribution in [0.1, 0.15) is 44.0 Å². The summed E-state index contributed by atoms with van der Waals surface area (Å²) in [5, 5.41) is 0. The number of ether oxygens (including phenoxy) is 3. The number of fused-ring (bicyclic) bond motifs is 2. The fourth-order valence-electron chi connectivity index (χ4n) is 3.81. The van der Waals surface area contributed by atoms with Crippen molar-refractivity contribution in [3.05, 3.63) is 35.5 Å². The van der Waals surface area contributed by atoms with Crippen molar-refractivity contribution in [3.8, 4) is 22.8 Å². The second-order valence-corrected chi connectivity index (χ2v) is 6.57. The van der Waals surface area contributed by atoms with Crippen molar-refractivity contribution in [1.82, 2.24) is 4.57 Å². The molecule has 1 atom stereocenters. The molecule has 0 spiro atoms. The lowest BCUT2D eigenvalue weighted by Gasteiger charge is -2.22. The van der Waals surface area contributed by atoms with Gasteiger partial charge in [-0.1, -0.05) is 0 Å². The Morgan fingerprint density at radius 2 is 2.00 bits per heavy atom. The zero-order valence-electron chi connectivity index (χ0n) is 14.7. The molecule has 5 nitrogen and oxygen atoms in total. The summed E-state index contributed by atoms with van der Waals surface area (Å²) in [5.41, 5.74) is 4.69. The molecule has 1 aliphatic heterocycles. The maximum Gasteiger partial charge on any atom is 0.328 e. The quantitative estimate of drug-likeness (QED) is 0.792. The molecule has 0 bridgehead atoms. The van der Waals surface area contributed by atoms with E-state index in [0.717, 1.165) is 42.0 Å². The lowest BCUT2D eigenvalue weighted by Crippen LogP contribution is -2.22. The normalized spacial score (nSPS) is 16.4. The van der Waals surface area contributed by atoms with E-state index in [2.05, 4.69) is 10.6 Å². The first-order valence-corrected chi connectivity index (χ1v) is 8.98. The second-order valence-electron chi connectivity index (χ2n) is 6.57. The lowest BCUT2D eigenvalue weighted by atomic mass is 9.97. The molecular formula is C20H23NO4. The van der Waals surface area contributed by atoms with Crippen molar-refractivity contribution < 1.29 is 19.0 Å². The van der Waals surface area contributed by atoms with Gasteiger partial charge < -0.3 is 18.8 Å². The van der Waals surface area contributed by atoms with Gasteiger partial charge in [-0.15, -0.1) is 0 Å². The number of hydrogen-bond donors (Lipinski definition) is 0. The number of benzene rings is 1. The minimum Gasteiger partial charge on any atom is -0.464 e. The molecular weight excluding hydrogens is 318 g/mol. The Labute approximate surface area is 147 Å². The number of esters is 1. The number of aromatic nitrogens is 1. The van der Waals surface area contributed by atoms with Gasteiger partial charge in [-0.3, -0.25) is 0 Å². The second kappa shape index (κ2) is 6.47. The first-order chi connectivity index (χ1) is 12.2. The monoisotopic (exact) mass is 341 g/mol. The van der Waals surface area contributed by atoms with Gasteiger partial charge in [-0.05, 0) is 69.4 Å². The molecule has 0 amide bonds. The van der Waals surface area contributed by atoms with Crippen LogP contribution in [0, 0.1) is 0 Å². The third-order valence-corrected chi connectivity index (χ3v) is 5.02. The highest BCUT2D eigenvalue weighted by Crippen LogP contribution is 2.39. The van der Waals surface area contributed by atoms with Gasteiger partial charge in [0.05, 0.1) is 6.61 Å². The summed E-state index contributed by atoms with van der Waals surface area (Å²) in [6.45, 7) is 4.42. The van der Waals surface area contributed by atoms with Gasteiger partial charge in [0, 0.05) is 17.0 Å². The molecule has 25 heavy (non-hydrogen) atoms. The number of nitrogens with zero attached hydrogens (tertiary/aromatic N) is 1. The Bertz CT molecular complexity index is 808. The van der Waals surface area contributed by atoms with Crippen LogP contribution in [0.25, 0.3) is 11.3 Å². The van der Waals surface area contributed by atoms with Crippen molar-refractivity contribution in [2.45, 2.75) is 45.6 Å². The largest absolute Gasteiger partial charge is 0.464 e. The van der Waals surface area contributed by atoms with Crippen molar-refractivity contribution in [2.24, 2.45) is 0 Å². The summed E-state index contributed by atoms with van der Waals surface area (Å²) in [6, 6.07) is 7.84. The number of rotatable bonds is 4. The molecule has 0 radical (unpaired) electrons. The third-order valence-electron chi connectivity index (χ3n) is 5.02. The van der Waals surface area contributed by atoms with E-state index in [9.17, 15) is 4.79 Å². The molecule has 2 aromatic rings. The fraction of sp³-hybridized carbons (Fsp3) is 0.450. The van der Waals surface area contributed by atoms with Gasteiger partial charge in [0.1, 0.15) is 6.04 Å². The first kappa shape index (κ1) is 16.1. The van der Waals surface area contributed by atoms with E-state index in [0.29, 0.717) is 6.61 Å². The van der Waals surface area contributed by atoms with Gasteiger partial charge in [0.25, 0.3) is 0 Å². The molecule has 0 saturated carbocycles. The van der Waals surface area contributed by atoms with Crippen LogP contribution in [0.5, 0.6) is 11.5 Å². The molecule has 1 aromatic heterocycles. The highest BCUT2D eigenvalue weighted by Gasteiger charge is 2.27. The number of aryl methyl sites for hydroxylation is 1. The molecule has 132 valence electrons. The number of carbonyl (C=O) groups excluding carboxylic acids is 1. The van der Waals surface area contributed by atoms with Crippen LogP contribution < -0.4 is 9.47 Å². The van der Waals surface area contributed by atoms with Crippen molar-refractivity contribution in [2.75, 3.05) is 13.4 Å². The Balaban J connectivity index is 1.81. The average molecular weight is 341 g/mol. The molecule has 0 fully saturated rings. The van der Waals surface area contributed by atoms with E-state index in [1.54, 1.807) is 0 Å². The standard InChI is InChI=1S/C20H23NO4/c1-3-23-20(22)13(2)21-16-7-5-4-6-14(16)10-17(21)15-8-9-18-19(11-15)25-12-24-18/h8-11,13H,3-7,12H2,1-2H3/t13-/m1/s1. The van der Waals surface area contributed by atoms with Gasteiger partial charge in [-0.25, -0.2) is 4.79 Å². The Morgan fingerprint density at radius 3 is 2.84 bits per heavy atom. The van der Waals surface area contributed by atoms with Crippen molar-refractivity contribution in [1.29, 1.82) is 0 Å². The molecule has 0 N–H and O–H groups in total. The van der Waals surface area contributed by atoms with Crippen LogP contribution in [0.15, 0.2) is 24.3 Å². The highest BCUT2D eigenvalue weighted by atomic mass is 16.7. The summed E-state index contributed by atoms with van der Waals surface area (Å²) in [4.78, 5) is 12.4. The number of carbonyl (C=O) groups is 1. The summed E-state index contributed by atoms with van der Waals surface area (Å²) in [6.07, 6.45) is 4.43. The summed E-state index contributed by atoms with van der Waals surface area (Å²) < 4.78 is 18.4. The molecule has 0 unspecified atom stereocenters. The first-order valence-electron chi connectivity index (χ1n) is 8.98. The zero-order valence-corrected chi connectivity index (χ0v) is 14.7. The van der Waals surface area contributed by atoms with Crippen LogP contribution in [0.3, 0.4) is 0 Å². The van der Waals surface area contributed by atoms with Crippen molar-refractivity contribution >= 4 is 5.97 Å². The third kappa shape index (κ3) is 2.77. The van der Waals surface area contributed by atoms with E-state index in [-0.39, 0.29) is 18.8 Å². The highest BCUT2D eigenvalue weighted by molar-refractivity contribution is 5.77. The Hall–Kier alpha value is -2.43. The van der Waals surface area contributed by atoms with Crippen LogP contribution >= 0.6 is 0 Å². The van der Waals surface area contributed by atoms with Crippen molar-refractivity contribution in [3.63, 3.8) is 0 Å². The van der Waals surface area contributed by atoms with Crippen LogP contribution in [-0.2, 0) is 22.4 Å². The van der Waals surface area contributed by atoms with Gasteiger partial charge in [0.2, 0.25) is 6.79 Å². The summed E-state index contributed by atoms with van der Waals surface area (Å²) in [7, 11) is 0. The SMILES string of the molecule is CCOC(=O)[C@@H](C)n1c(-c2ccc3c(c2)OCO3)cc2c1CCCC2. The Morgan fingerprint density at radius 1 is 1.20 bits per heavy atom. The Kier molecular flexibility index (Phi) is 4.15. The van der Waals surface area contributed by atoms with E-state index >= 15 is 0 Å². The molecule has 0 saturated heterocycles. The van der Waals surface area contributed by atoms with Gasteiger partial charge in [-0.2, -0.15) is 0 Å². The average Bonchev–Trinajstić information content (AvgIpc) is 3.24. The summed E-state index contributed by atoms with van der Waals surface area (Å²) in [5.74, 6) is 1.34. The van der Waals surface area contributed by atoms with Gasteiger partial charge in [0.15, 0.2) is 11.5 Å². The smallest absolute Gasteiger partial charge is 0.328 e. The number of hydrogen-bond acceptors (Lipinski definition) is 4. The molecule has 4 rings (SSSR count). The van der Waals surface area contributed by atoms with E-state index < -0.39 is 0 Å². The molecule has 2 heterocycles. The summed E-state index contributed by atoms with van der Waals surface area (Å²) >= 11 is 0. The van der Waals surface area contributed by atoms with Crippen LogP contribution in [0.2, 0.25) is 0 Å². The fourth-order valence-corrected chi connectivity index (χ4v) is 3.81. The molecule has 1 aliphatic carbocycles.